The molecule has 0 aliphatic rings. The molecule has 1 aromatic heterocycles. The van der Waals surface area contributed by atoms with Crippen molar-refractivity contribution in [2.75, 3.05) is 6.61 Å². The number of Topliss-reactive ketones (excluding diaryl/α,β-unsaturated/α-hetero) is 1. The number of ether oxygens (including phenoxy) is 1. The smallest absolute Gasteiger partial charge is 0.342 e. The van der Waals surface area contributed by atoms with E-state index >= 15 is 0 Å². The molecule has 0 aliphatic heterocycles. The molecule has 6 heteroatoms. The Bertz CT molecular complexity index is 802. The highest BCUT2D eigenvalue weighted by atomic mass is 16.5. The lowest BCUT2D eigenvalue weighted by Crippen LogP contribution is -2.19. The SMILES string of the molecule is CC(=O)NCc1ccc(C(=O)COC(=O)c2c(C)oc(C)c2C)cc1. The summed E-state index contributed by atoms with van der Waals surface area (Å²) in [5, 5.41) is 2.68. The zero-order valence-corrected chi connectivity index (χ0v) is 14.8. The summed E-state index contributed by atoms with van der Waals surface area (Å²) in [5.74, 6) is 0.157. The fraction of sp³-hybridized carbons (Fsp3) is 0.316. The highest BCUT2D eigenvalue weighted by Crippen LogP contribution is 2.21. The Morgan fingerprint density at radius 2 is 1.68 bits per heavy atom. The van der Waals surface area contributed by atoms with Crippen LogP contribution in [0.5, 0.6) is 0 Å². The molecule has 0 atom stereocenters. The molecule has 132 valence electrons. The summed E-state index contributed by atoms with van der Waals surface area (Å²) >= 11 is 0. The maximum absolute atomic E-state index is 12.2. The molecule has 0 bridgehead atoms. The molecule has 0 fully saturated rings. The first-order chi connectivity index (χ1) is 11.8. The Kier molecular flexibility index (Phi) is 5.75. The zero-order valence-electron chi connectivity index (χ0n) is 14.8. The summed E-state index contributed by atoms with van der Waals surface area (Å²) in [5.41, 5.74) is 2.41. The highest BCUT2D eigenvalue weighted by Gasteiger charge is 2.21. The van der Waals surface area contributed by atoms with Crippen LogP contribution in [-0.4, -0.2) is 24.3 Å². The first-order valence-electron chi connectivity index (χ1n) is 7.90. The number of carbonyl (C=O) groups excluding carboxylic acids is 3. The summed E-state index contributed by atoms with van der Waals surface area (Å²) in [4.78, 5) is 35.2. The van der Waals surface area contributed by atoms with Crippen LogP contribution in [0.25, 0.3) is 0 Å². The molecule has 6 nitrogen and oxygen atoms in total. The number of esters is 1. The summed E-state index contributed by atoms with van der Waals surface area (Å²) < 4.78 is 10.5. The van der Waals surface area contributed by atoms with Gasteiger partial charge in [0.15, 0.2) is 12.4 Å². The largest absolute Gasteiger partial charge is 0.465 e. The summed E-state index contributed by atoms with van der Waals surface area (Å²) in [6, 6.07) is 6.79. The van der Waals surface area contributed by atoms with Crippen molar-refractivity contribution in [3.05, 3.63) is 58.0 Å². The topological polar surface area (TPSA) is 85.6 Å². The van der Waals surface area contributed by atoms with Crippen molar-refractivity contribution in [2.24, 2.45) is 0 Å². The standard InChI is InChI=1S/C19H21NO5/c1-11-12(2)25-13(3)18(11)19(23)24-10-17(22)16-7-5-15(6-8-16)9-20-14(4)21/h5-8H,9-10H2,1-4H3,(H,20,21). The van der Waals surface area contributed by atoms with Gasteiger partial charge in [-0.2, -0.15) is 0 Å². The molecule has 1 heterocycles. The van der Waals surface area contributed by atoms with Crippen LogP contribution in [0.1, 0.15) is 50.3 Å². The number of hydrogen-bond acceptors (Lipinski definition) is 5. The zero-order chi connectivity index (χ0) is 18.6. The van der Waals surface area contributed by atoms with Crippen LogP contribution >= 0.6 is 0 Å². The second-order valence-electron chi connectivity index (χ2n) is 5.82. The van der Waals surface area contributed by atoms with E-state index in [1.54, 1.807) is 45.0 Å². The monoisotopic (exact) mass is 343 g/mol. The minimum Gasteiger partial charge on any atom is -0.465 e. The van der Waals surface area contributed by atoms with Crippen LogP contribution in [0.15, 0.2) is 28.7 Å². The number of ketones is 1. The molecule has 1 aromatic carbocycles. The van der Waals surface area contributed by atoms with Gasteiger partial charge in [-0.05, 0) is 26.3 Å². The van der Waals surface area contributed by atoms with E-state index in [9.17, 15) is 14.4 Å². The number of furan rings is 1. The fourth-order valence-electron chi connectivity index (χ4n) is 2.42. The molecule has 0 spiro atoms. The molecule has 1 N–H and O–H groups in total. The van der Waals surface area contributed by atoms with Crippen LogP contribution < -0.4 is 5.32 Å². The van der Waals surface area contributed by atoms with E-state index in [0.717, 1.165) is 11.1 Å². The summed E-state index contributed by atoms with van der Waals surface area (Å²) in [6.45, 7) is 6.73. The van der Waals surface area contributed by atoms with Crippen molar-refractivity contribution in [1.82, 2.24) is 5.32 Å². The molecule has 25 heavy (non-hydrogen) atoms. The number of nitrogens with one attached hydrogen (secondary N) is 1. The van der Waals surface area contributed by atoms with Crippen molar-refractivity contribution < 1.29 is 23.5 Å². The molecule has 0 saturated heterocycles. The van der Waals surface area contributed by atoms with Crippen LogP contribution in [-0.2, 0) is 16.1 Å². The Labute approximate surface area is 146 Å². The van der Waals surface area contributed by atoms with Crippen molar-refractivity contribution in [1.29, 1.82) is 0 Å². The second kappa shape index (κ2) is 7.79. The van der Waals surface area contributed by atoms with Gasteiger partial charge in [-0.15, -0.1) is 0 Å². The van der Waals surface area contributed by atoms with Gasteiger partial charge in [0, 0.05) is 24.6 Å². The minimum absolute atomic E-state index is 0.118. The van der Waals surface area contributed by atoms with Crippen molar-refractivity contribution in [3.8, 4) is 0 Å². The number of amides is 1. The van der Waals surface area contributed by atoms with Gasteiger partial charge in [0.2, 0.25) is 5.91 Å². The third kappa shape index (κ3) is 4.56. The Balaban J connectivity index is 1.95. The van der Waals surface area contributed by atoms with Crippen LogP contribution in [0.2, 0.25) is 0 Å². The maximum Gasteiger partial charge on any atom is 0.342 e. The van der Waals surface area contributed by atoms with Crippen molar-refractivity contribution in [2.45, 2.75) is 34.2 Å². The number of carbonyl (C=O) groups is 3. The number of benzene rings is 1. The van der Waals surface area contributed by atoms with Crippen molar-refractivity contribution >= 4 is 17.7 Å². The predicted molar refractivity (Wildman–Crippen MR) is 91.5 cm³/mol. The lowest BCUT2D eigenvalue weighted by molar-refractivity contribution is -0.119. The Morgan fingerprint density at radius 3 is 2.20 bits per heavy atom. The van der Waals surface area contributed by atoms with Gasteiger partial charge in [-0.1, -0.05) is 24.3 Å². The fourth-order valence-corrected chi connectivity index (χ4v) is 2.42. The molecule has 0 saturated carbocycles. The normalized spacial score (nSPS) is 10.4. The summed E-state index contributed by atoms with van der Waals surface area (Å²) in [6.07, 6.45) is 0. The van der Waals surface area contributed by atoms with E-state index in [2.05, 4.69) is 5.32 Å². The Hall–Kier alpha value is -2.89. The van der Waals surface area contributed by atoms with Gasteiger partial charge in [0.1, 0.15) is 17.1 Å². The van der Waals surface area contributed by atoms with E-state index in [-0.39, 0.29) is 18.3 Å². The van der Waals surface area contributed by atoms with Gasteiger partial charge >= 0.3 is 5.97 Å². The van der Waals surface area contributed by atoms with Gasteiger partial charge in [-0.3, -0.25) is 9.59 Å². The molecule has 0 unspecified atom stereocenters. The average Bonchev–Trinajstić information content (AvgIpc) is 2.83. The molecular weight excluding hydrogens is 322 g/mol. The molecule has 1 amide bonds. The summed E-state index contributed by atoms with van der Waals surface area (Å²) in [7, 11) is 0. The third-order valence-corrected chi connectivity index (χ3v) is 3.92. The molecule has 0 aliphatic carbocycles. The van der Waals surface area contributed by atoms with Gasteiger partial charge < -0.3 is 14.5 Å². The quantitative estimate of drug-likeness (QED) is 0.644. The number of rotatable bonds is 6. The number of aryl methyl sites for hydroxylation is 2. The predicted octanol–water partition coefficient (Wildman–Crippen LogP) is 2.88. The maximum atomic E-state index is 12.2. The number of hydrogen-bond donors (Lipinski definition) is 1. The molecular formula is C19H21NO5. The first kappa shape index (κ1) is 18.4. The van der Waals surface area contributed by atoms with E-state index in [0.29, 0.717) is 29.2 Å². The van der Waals surface area contributed by atoms with Gasteiger partial charge in [0.05, 0.1) is 0 Å². The first-order valence-corrected chi connectivity index (χ1v) is 7.90. The average molecular weight is 343 g/mol. The lowest BCUT2D eigenvalue weighted by Gasteiger charge is -2.06. The molecule has 2 rings (SSSR count). The molecule has 0 radical (unpaired) electrons. The van der Waals surface area contributed by atoms with E-state index in [1.165, 1.54) is 6.92 Å². The van der Waals surface area contributed by atoms with Crippen molar-refractivity contribution in [3.63, 3.8) is 0 Å². The van der Waals surface area contributed by atoms with Crippen LogP contribution in [0, 0.1) is 20.8 Å². The highest BCUT2D eigenvalue weighted by molar-refractivity contribution is 6.00. The van der Waals surface area contributed by atoms with Gasteiger partial charge in [0.25, 0.3) is 0 Å². The minimum atomic E-state index is -0.567. The van der Waals surface area contributed by atoms with Crippen LogP contribution in [0.3, 0.4) is 0 Å². The van der Waals surface area contributed by atoms with E-state index < -0.39 is 5.97 Å². The lowest BCUT2D eigenvalue weighted by atomic mass is 10.1. The van der Waals surface area contributed by atoms with Crippen LogP contribution in [0.4, 0.5) is 0 Å². The third-order valence-electron chi connectivity index (χ3n) is 3.92. The van der Waals surface area contributed by atoms with E-state index in [1.807, 2.05) is 0 Å². The van der Waals surface area contributed by atoms with Gasteiger partial charge in [-0.25, -0.2) is 4.79 Å². The molecule has 2 aromatic rings. The Morgan fingerprint density at radius 1 is 1.04 bits per heavy atom. The van der Waals surface area contributed by atoms with E-state index in [4.69, 9.17) is 9.15 Å². The second-order valence-corrected chi connectivity index (χ2v) is 5.82.